The molecule has 1 aromatic heterocycles. The van der Waals surface area contributed by atoms with Crippen LogP contribution in [0.15, 0.2) is 36.7 Å². The fourth-order valence-corrected chi connectivity index (χ4v) is 2.02. The molecule has 0 aliphatic heterocycles. The molecule has 1 aromatic carbocycles. The minimum Gasteiger partial charge on any atom is -0.313 e. The van der Waals surface area contributed by atoms with Gasteiger partial charge in [-0.1, -0.05) is 26.0 Å². The molecule has 2 aromatic rings. The highest BCUT2D eigenvalue weighted by atomic mass is 15.1. The molecule has 0 bridgehead atoms. The van der Waals surface area contributed by atoms with Gasteiger partial charge in [0.1, 0.15) is 5.82 Å². The van der Waals surface area contributed by atoms with Gasteiger partial charge < -0.3 is 9.88 Å². The van der Waals surface area contributed by atoms with E-state index in [-0.39, 0.29) is 0 Å². The van der Waals surface area contributed by atoms with Crippen molar-refractivity contribution >= 4 is 0 Å². The molecule has 0 amide bonds. The van der Waals surface area contributed by atoms with E-state index < -0.39 is 0 Å². The predicted molar refractivity (Wildman–Crippen MR) is 74.9 cm³/mol. The molecule has 0 aliphatic carbocycles. The number of hydrogen-bond acceptors (Lipinski definition) is 2. The van der Waals surface area contributed by atoms with Gasteiger partial charge >= 0.3 is 0 Å². The lowest BCUT2D eigenvalue weighted by Gasteiger charge is -2.08. The second-order valence-corrected chi connectivity index (χ2v) is 4.41. The first-order valence-corrected chi connectivity index (χ1v) is 6.67. The molecule has 0 saturated heterocycles. The number of imidazole rings is 1. The second-order valence-electron chi connectivity index (χ2n) is 4.41. The van der Waals surface area contributed by atoms with Crippen LogP contribution in [0, 0.1) is 0 Å². The number of aromatic nitrogens is 2. The molecule has 0 radical (unpaired) electrons. The zero-order valence-electron chi connectivity index (χ0n) is 11.2. The summed E-state index contributed by atoms with van der Waals surface area (Å²) in [5.41, 5.74) is 2.51. The highest BCUT2D eigenvalue weighted by Crippen LogP contribution is 2.13. The summed E-state index contributed by atoms with van der Waals surface area (Å²) < 4.78 is 2.17. The molecule has 0 aliphatic rings. The van der Waals surface area contributed by atoms with Crippen molar-refractivity contribution in [2.45, 2.75) is 33.2 Å². The van der Waals surface area contributed by atoms with Crippen molar-refractivity contribution in [3.63, 3.8) is 0 Å². The van der Waals surface area contributed by atoms with E-state index in [1.807, 2.05) is 12.4 Å². The van der Waals surface area contributed by atoms with E-state index in [1.165, 1.54) is 11.3 Å². The van der Waals surface area contributed by atoms with Crippen LogP contribution in [0.3, 0.4) is 0 Å². The minimum atomic E-state index is 0.933. The Balaban J connectivity index is 2.15. The molecule has 3 nitrogen and oxygen atoms in total. The Morgan fingerprint density at radius 1 is 1.17 bits per heavy atom. The molecular weight excluding hydrogens is 222 g/mol. The fourth-order valence-electron chi connectivity index (χ4n) is 2.02. The Morgan fingerprint density at radius 2 is 1.94 bits per heavy atom. The molecule has 1 heterocycles. The summed E-state index contributed by atoms with van der Waals surface area (Å²) in [6.07, 6.45) is 6.05. The molecule has 18 heavy (non-hydrogen) atoms. The van der Waals surface area contributed by atoms with Crippen molar-refractivity contribution in [2.24, 2.45) is 0 Å². The average molecular weight is 243 g/mol. The molecule has 0 fully saturated rings. The number of aryl methyl sites for hydroxylation is 1. The molecule has 0 spiro atoms. The lowest BCUT2D eigenvalue weighted by atomic mass is 10.2. The fraction of sp³-hybridized carbons (Fsp3) is 0.400. The maximum Gasteiger partial charge on any atom is 0.113 e. The van der Waals surface area contributed by atoms with Crippen molar-refractivity contribution in [3.8, 4) is 5.69 Å². The van der Waals surface area contributed by atoms with Gasteiger partial charge in [0.05, 0.1) is 0 Å². The molecule has 0 atom stereocenters. The maximum absolute atomic E-state index is 4.40. The van der Waals surface area contributed by atoms with E-state index >= 15 is 0 Å². The van der Waals surface area contributed by atoms with Gasteiger partial charge in [-0.05, 0) is 30.7 Å². The number of hydrogen-bond donors (Lipinski definition) is 1. The van der Waals surface area contributed by atoms with Crippen LogP contribution in [0.4, 0.5) is 0 Å². The summed E-state index contributed by atoms with van der Waals surface area (Å²) in [5.74, 6) is 1.14. The first-order chi connectivity index (χ1) is 8.85. The van der Waals surface area contributed by atoms with Gasteiger partial charge in [-0.25, -0.2) is 4.98 Å². The Labute approximate surface area is 109 Å². The molecular formula is C15H21N3. The third-order valence-electron chi connectivity index (χ3n) is 2.98. The Morgan fingerprint density at radius 3 is 2.61 bits per heavy atom. The number of benzene rings is 1. The highest BCUT2D eigenvalue weighted by Gasteiger charge is 2.03. The van der Waals surface area contributed by atoms with Crippen molar-refractivity contribution in [1.29, 1.82) is 0 Å². The van der Waals surface area contributed by atoms with E-state index in [1.54, 1.807) is 0 Å². The summed E-state index contributed by atoms with van der Waals surface area (Å²) in [5, 5.41) is 3.33. The second kappa shape index (κ2) is 6.36. The molecule has 1 N–H and O–H groups in total. The Hall–Kier alpha value is -1.61. The van der Waals surface area contributed by atoms with Crippen molar-refractivity contribution < 1.29 is 0 Å². The first kappa shape index (κ1) is 12.8. The summed E-state index contributed by atoms with van der Waals surface area (Å²) in [6.45, 7) is 6.24. The van der Waals surface area contributed by atoms with E-state index in [0.717, 1.165) is 31.8 Å². The standard InChI is InChI=1S/C15H21N3/c1-3-5-15-17-10-11-18(15)14-8-6-13(7-9-14)12-16-4-2/h6-11,16H,3-5,12H2,1-2H3. The third-order valence-corrected chi connectivity index (χ3v) is 2.98. The third kappa shape index (κ3) is 2.99. The van der Waals surface area contributed by atoms with Gasteiger partial charge in [-0.2, -0.15) is 0 Å². The van der Waals surface area contributed by atoms with Crippen LogP contribution >= 0.6 is 0 Å². The lowest BCUT2D eigenvalue weighted by molar-refractivity contribution is 0.726. The van der Waals surface area contributed by atoms with Crippen LogP contribution in [0.5, 0.6) is 0 Å². The van der Waals surface area contributed by atoms with Crippen LogP contribution in [0.1, 0.15) is 31.7 Å². The predicted octanol–water partition coefficient (Wildman–Crippen LogP) is 2.93. The van der Waals surface area contributed by atoms with Crippen LogP contribution in [0.2, 0.25) is 0 Å². The smallest absolute Gasteiger partial charge is 0.113 e. The highest BCUT2D eigenvalue weighted by molar-refractivity contribution is 5.36. The number of rotatable bonds is 6. The Bertz CT molecular complexity index is 471. The summed E-state index contributed by atoms with van der Waals surface area (Å²) in [4.78, 5) is 4.40. The molecule has 0 unspecified atom stereocenters. The van der Waals surface area contributed by atoms with E-state index in [4.69, 9.17) is 0 Å². The van der Waals surface area contributed by atoms with E-state index in [9.17, 15) is 0 Å². The van der Waals surface area contributed by atoms with Crippen LogP contribution in [-0.4, -0.2) is 16.1 Å². The lowest BCUT2D eigenvalue weighted by Crippen LogP contribution is -2.11. The SMILES string of the molecule is CCCc1nccn1-c1ccc(CNCC)cc1. The van der Waals surface area contributed by atoms with Crippen LogP contribution in [0.25, 0.3) is 5.69 Å². The number of nitrogens with one attached hydrogen (secondary N) is 1. The zero-order valence-corrected chi connectivity index (χ0v) is 11.2. The normalized spacial score (nSPS) is 10.8. The molecule has 2 rings (SSSR count). The topological polar surface area (TPSA) is 29.9 Å². The molecule has 0 saturated carbocycles. The van der Waals surface area contributed by atoms with Gasteiger partial charge in [0.15, 0.2) is 0 Å². The first-order valence-electron chi connectivity index (χ1n) is 6.67. The average Bonchev–Trinajstić information content (AvgIpc) is 2.86. The van der Waals surface area contributed by atoms with Crippen molar-refractivity contribution in [3.05, 3.63) is 48.0 Å². The van der Waals surface area contributed by atoms with Gasteiger partial charge in [0, 0.05) is 31.0 Å². The van der Waals surface area contributed by atoms with E-state index in [2.05, 4.69) is 53.0 Å². The van der Waals surface area contributed by atoms with E-state index in [0.29, 0.717) is 0 Å². The van der Waals surface area contributed by atoms with Crippen molar-refractivity contribution in [2.75, 3.05) is 6.54 Å². The van der Waals surface area contributed by atoms with Gasteiger partial charge in [0.25, 0.3) is 0 Å². The van der Waals surface area contributed by atoms with Gasteiger partial charge in [-0.3, -0.25) is 0 Å². The molecule has 3 heteroatoms. The van der Waals surface area contributed by atoms with Crippen LogP contribution < -0.4 is 5.32 Å². The summed E-state index contributed by atoms with van der Waals surface area (Å²) in [7, 11) is 0. The number of nitrogens with zero attached hydrogens (tertiary/aromatic N) is 2. The summed E-state index contributed by atoms with van der Waals surface area (Å²) in [6, 6.07) is 8.67. The quantitative estimate of drug-likeness (QED) is 0.845. The Kier molecular flexibility index (Phi) is 4.53. The largest absolute Gasteiger partial charge is 0.313 e. The van der Waals surface area contributed by atoms with Crippen molar-refractivity contribution in [1.82, 2.24) is 14.9 Å². The maximum atomic E-state index is 4.40. The van der Waals surface area contributed by atoms with Crippen LogP contribution in [-0.2, 0) is 13.0 Å². The zero-order chi connectivity index (χ0) is 12.8. The summed E-state index contributed by atoms with van der Waals surface area (Å²) >= 11 is 0. The monoisotopic (exact) mass is 243 g/mol. The molecule has 96 valence electrons. The van der Waals surface area contributed by atoms with Gasteiger partial charge in [-0.15, -0.1) is 0 Å². The van der Waals surface area contributed by atoms with Gasteiger partial charge in [0.2, 0.25) is 0 Å². The minimum absolute atomic E-state index is 0.933.